The summed E-state index contributed by atoms with van der Waals surface area (Å²) >= 11 is 0. The molecule has 0 aromatic heterocycles. The zero-order valence-electron chi connectivity index (χ0n) is 24.6. The molecular weight excluding hydrogens is 523 g/mol. The van der Waals surface area contributed by atoms with Gasteiger partial charge in [0.05, 0.1) is 0 Å². The summed E-state index contributed by atoms with van der Waals surface area (Å²) in [6.07, 6.45) is 0.907. The minimum Gasteiger partial charge on any atom is -0.407 e. The molecule has 0 radical (unpaired) electrons. The number of carbonyl (C=O) groups is 1. The normalized spacial score (nSPS) is 13.0. The van der Waals surface area contributed by atoms with E-state index in [1.165, 1.54) is 20.7 Å². The Morgan fingerprint density at radius 1 is 0.700 bits per heavy atom. The highest BCUT2D eigenvalue weighted by Gasteiger charge is 2.50. The van der Waals surface area contributed by atoms with Crippen molar-refractivity contribution < 1.29 is 9.22 Å². The van der Waals surface area contributed by atoms with Crippen LogP contribution in [0, 0.1) is 0 Å². The Balaban J connectivity index is 1.73. The second-order valence-corrected chi connectivity index (χ2v) is 20.5. The molecule has 5 heteroatoms. The Labute approximate surface area is 242 Å². The monoisotopic (exact) mass is 565 g/mol. The molecule has 0 saturated carbocycles. The molecule has 0 aliphatic heterocycles. The topological polar surface area (TPSA) is 38.3 Å². The highest BCUT2D eigenvalue weighted by molar-refractivity contribution is 7.03. The SMILES string of the molecule is CC(=O)NC(C)[Si](CCCO[Si](c1ccccc1)(c1ccccc1)C(C)(C)C)(c1ccccc1)c1ccccc1. The van der Waals surface area contributed by atoms with Gasteiger partial charge in [-0.2, -0.15) is 0 Å². The number of nitrogens with one attached hydrogen (secondary N) is 1. The quantitative estimate of drug-likeness (QED) is 0.199. The van der Waals surface area contributed by atoms with Gasteiger partial charge in [0.2, 0.25) is 5.91 Å². The maximum Gasteiger partial charge on any atom is 0.261 e. The van der Waals surface area contributed by atoms with Crippen LogP contribution in [0.3, 0.4) is 0 Å². The van der Waals surface area contributed by atoms with Crippen molar-refractivity contribution in [1.82, 2.24) is 5.32 Å². The Kier molecular flexibility index (Phi) is 9.61. The zero-order chi connectivity index (χ0) is 28.6. The molecule has 0 spiro atoms. The van der Waals surface area contributed by atoms with Crippen molar-refractivity contribution in [1.29, 1.82) is 0 Å². The molecule has 3 nitrogen and oxygen atoms in total. The first-order valence-electron chi connectivity index (χ1n) is 14.3. The van der Waals surface area contributed by atoms with Gasteiger partial charge in [0.25, 0.3) is 8.32 Å². The number of hydrogen-bond acceptors (Lipinski definition) is 2. The second-order valence-electron chi connectivity index (χ2n) is 11.7. The third kappa shape index (κ3) is 6.07. The summed E-state index contributed by atoms with van der Waals surface area (Å²) in [5.74, 6) is 0.0137. The molecule has 1 N–H and O–H groups in total. The fourth-order valence-corrected chi connectivity index (χ4v) is 16.1. The lowest BCUT2D eigenvalue weighted by atomic mass is 10.2. The molecule has 0 aliphatic rings. The van der Waals surface area contributed by atoms with Gasteiger partial charge in [-0.3, -0.25) is 4.79 Å². The van der Waals surface area contributed by atoms with Crippen LogP contribution in [0.15, 0.2) is 121 Å². The van der Waals surface area contributed by atoms with E-state index in [0.717, 1.165) is 12.5 Å². The minimum atomic E-state index is -2.61. The first-order valence-corrected chi connectivity index (χ1v) is 18.5. The van der Waals surface area contributed by atoms with Crippen molar-refractivity contribution in [3.05, 3.63) is 121 Å². The van der Waals surface area contributed by atoms with Gasteiger partial charge in [0, 0.05) is 19.2 Å². The van der Waals surface area contributed by atoms with Crippen molar-refractivity contribution in [2.24, 2.45) is 0 Å². The highest BCUT2D eigenvalue weighted by atomic mass is 28.4. The van der Waals surface area contributed by atoms with Gasteiger partial charge in [0.1, 0.15) is 8.07 Å². The molecular formula is C35H43NO2Si2. The maximum absolute atomic E-state index is 12.3. The molecule has 208 valence electrons. The standard InChI is InChI=1S/C35H43NO2Si2/c1-29(37)36-30(2)39(31-19-10-6-11-20-31,32-21-12-7-13-22-32)28-18-27-38-40(35(3,4)5,33-23-14-8-15-24-33)34-25-16-9-17-26-34/h6-17,19-26,30H,18,27-28H2,1-5H3,(H,36,37). The summed E-state index contributed by atoms with van der Waals surface area (Å²) in [5.41, 5.74) is 0.0302. The molecule has 4 aromatic carbocycles. The van der Waals surface area contributed by atoms with Gasteiger partial charge in [-0.05, 0) is 34.8 Å². The largest absolute Gasteiger partial charge is 0.407 e. The van der Waals surface area contributed by atoms with Crippen LogP contribution >= 0.6 is 0 Å². The average molecular weight is 566 g/mol. The number of rotatable bonds is 11. The maximum atomic E-state index is 12.3. The lowest BCUT2D eigenvalue weighted by Gasteiger charge is -2.43. The van der Waals surface area contributed by atoms with Gasteiger partial charge in [0.15, 0.2) is 0 Å². The smallest absolute Gasteiger partial charge is 0.261 e. The lowest BCUT2D eigenvalue weighted by molar-refractivity contribution is -0.119. The van der Waals surface area contributed by atoms with E-state index in [1.807, 2.05) is 0 Å². The van der Waals surface area contributed by atoms with Gasteiger partial charge in [-0.25, -0.2) is 0 Å². The fourth-order valence-electron chi connectivity index (χ4n) is 6.41. The van der Waals surface area contributed by atoms with E-state index in [0.29, 0.717) is 6.61 Å². The minimum absolute atomic E-state index is 0.0137. The summed E-state index contributed by atoms with van der Waals surface area (Å²) in [7, 11) is -5.02. The van der Waals surface area contributed by atoms with Crippen LogP contribution in [0.5, 0.6) is 0 Å². The van der Waals surface area contributed by atoms with Crippen LogP contribution in [0.4, 0.5) is 0 Å². The van der Waals surface area contributed by atoms with Crippen LogP contribution in [-0.4, -0.2) is 34.6 Å². The Morgan fingerprint density at radius 3 is 1.43 bits per heavy atom. The predicted octanol–water partition coefficient (Wildman–Crippen LogP) is 5.28. The number of amides is 1. The Morgan fingerprint density at radius 2 is 1.07 bits per heavy atom. The predicted molar refractivity (Wildman–Crippen MR) is 174 cm³/mol. The van der Waals surface area contributed by atoms with Crippen LogP contribution in [0.2, 0.25) is 11.1 Å². The van der Waals surface area contributed by atoms with Crippen LogP contribution in [0.1, 0.15) is 41.0 Å². The Hall–Kier alpha value is -3.26. The second kappa shape index (κ2) is 12.9. The van der Waals surface area contributed by atoms with Crippen molar-refractivity contribution in [3.63, 3.8) is 0 Å². The summed E-state index contributed by atoms with van der Waals surface area (Å²) in [4.78, 5) is 12.3. The first-order chi connectivity index (χ1) is 19.2. The van der Waals surface area contributed by atoms with Crippen molar-refractivity contribution >= 4 is 43.0 Å². The molecule has 1 unspecified atom stereocenters. The zero-order valence-corrected chi connectivity index (χ0v) is 26.6. The van der Waals surface area contributed by atoms with Crippen LogP contribution in [-0.2, 0) is 9.22 Å². The van der Waals surface area contributed by atoms with E-state index < -0.39 is 16.4 Å². The average Bonchev–Trinajstić information content (AvgIpc) is 2.96. The molecule has 1 atom stereocenters. The molecule has 0 saturated heterocycles. The van der Waals surface area contributed by atoms with Crippen molar-refractivity contribution in [2.45, 2.75) is 57.8 Å². The van der Waals surface area contributed by atoms with E-state index in [1.54, 1.807) is 6.92 Å². The summed E-state index contributed by atoms with van der Waals surface area (Å²) in [5, 5.41) is 8.52. The molecule has 40 heavy (non-hydrogen) atoms. The molecule has 0 fully saturated rings. The summed E-state index contributed by atoms with van der Waals surface area (Å²) in [6.45, 7) is 11.4. The third-order valence-corrected chi connectivity index (χ3v) is 18.7. The fraction of sp³-hybridized carbons (Fsp3) is 0.286. The van der Waals surface area contributed by atoms with Gasteiger partial charge in [-0.1, -0.05) is 152 Å². The molecule has 4 aromatic rings. The van der Waals surface area contributed by atoms with E-state index in [9.17, 15) is 4.79 Å². The Bertz CT molecular complexity index is 1260. The number of hydrogen-bond donors (Lipinski definition) is 1. The van der Waals surface area contributed by atoms with Crippen molar-refractivity contribution in [2.75, 3.05) is 6.61 Å². The van der Waals surface area contributed by atoms with Gasteiger partial charge < -0.3 is 9.74 Å². The molecule has 0 aliphatic carbocycles. The van der Waals surface area contributed by atoms with Crippen LogP contribution in [0.25, 0.3) is 0 Å². The summed E-state index contributed by atoms with van der Waals surface area (Å²) < 4.78 is 7.27. The van der Waals surface area contributed by atoms with Gasteiger partial charge in [-0.15, -0.1) is 0 Å². The number of benzene rings is 4. The molecule has 4 rings (SSSR count). The third-order valence-electron chi connectivity index (χ3n) is 8.19. The molecule has 1 amide bonds. The molecule has 0 bridgehead atoms. The highest BCUT2D eigenvalue weighted by Crippen LogP contribution is 2.37. The van der Waals surface area contributed by atoms with E-state index in [4.69, 9.17) is 4.43 Å². The van der Waals surface area contributed by atoms with E-state index in [2.05, 4.69) is 154 Å². The van der Waals surface area contributed by atoms with E-state index >= 15 is 0 Å². The van der Waals surface area contributed by atoms with Gasteiger partial charge >= 0.3 is 0 Å². The first kappa shape index (κ1) is 29.7. The number of carbonyl (C=O) groups excluding carboxylic acids is 1. The summed E-state index contributed by atoms with van der Waals surface area (Å²) in [6, 6.07) is 44.3. The van der Waals surface area contributed by atoms with Crippen molar-refractivity contribution in [3.8, 4) is 0 Å². The lowest BCUT2D eigenvalue weighted by Crippen LogP contribution is -2.70. The van der Waals surface area contributed by atoms with Crippen LogP contribution < -0.4 is 26.1 Å². The molecule has 0 heterocycles. The van der Waals surface area contributed by atoms with E-state index in [-0.39, 0.29) is 16.6 Å².